The zero-order valence-electron chi connectivity index (χ0n) is 10.3. The zero-order valence-corrected chi connectivity index (χ0v) is 10.3. The fourth-order valence-corrected chi connectivity index (χ4v) is 2.41. The van der Waals surface area contributed by atoms with Crippen LogP contribution < -0.4 is 16.6 Å². The highest BCUT2D eigenvalue weighted by atomic mass is 15.3. The Morgan fingerprint density at radius 1 is 1.29 bits per heavy atom. The van der Waals surface area contributed by atoms with E-state index < -0.39 is 0 Å². The van der Waals surface area contributed by atoms with E-state index in [1.165, 1.54) is 32.1 Å². The summed E-state index contributed by atoms with van der Waals surface area (Å²) in [5.74, 6) is 7.31. The van der Waals surface area contributed by atoms with Crippen LogP contribution in [0.3, 0.4) is 0 Å². The quantitative estimate of drug-likeness (QED) is 0.425. The molecule has 0 bridgehead atoms. The highest BCUT2D eigenvalue weighted by molar-refractivity contribution is 5.39. The third-order valence-corrected chi connectivity index (χ3v) is 3.48. The van der Waals surface area contributed by atoms with E-state index in [4.69, 9.17) is 5.84 Å². The van der Waals surface area contributed by atoms with Gasteiger partial charge in [-0.2, -0.15) is 4.98 Å². The molecule has 0 saturated heterocycles. The highest BCUT2D eigenvalue weighted by Gasteiger charge is 2.19. The first-order valence-electron chi connectivity index (χ1n) is 6.36. The number of anilines is 2. The normalized spacial score (nSPS) is 25.1. The van der Waals surface area contributed by atoms with Crippen molar-refractivity contribution in [2.24, 2.45) is 11.8 Å². The molecule has 94 valence electrons. The molecule has 0 spiro atoms. The van der Waals surface area contributed by atoms with Gasteiger partial charge < -0.3 is 5.32 Å². The van der Waals surface area contributed by atoms with Crippen LogP contribution in [0.4, 0.5) is 11.8 Å². The van der Waals surface area contributed by atoms with Crippen molar-refractivity contribution in [2.75, 3.05) is 10.7 Å². The summed E-state index contributed by atoms with van der Waals surface area (Å²) in [6.45, 7) is 2.31. The fourth-order valence-electron chi connectivity index (χ4n) is 2.41. The lowest BCUT2D eigenvalue weighted by atomic mass is 9.97. The molecule has 0 radical (unpaired) electrons. The lowest BCUT2D eigenvalue weighted by Gasteiger charge is -2.23. The van der Waals surface area contributed by atoms with Crippen molar-refractivity contribution < 1.29 is 0 Å². The summed E-state index contributed by atoms with van der Waals surface area (Å²) in [5, 5.41) is 3.50. The minimum absolute atomic E-state index is 0.455. The van der Waals surface area contributed by atoms with Crippen LogP contribution in [0.25, 0.3) is 0 Å². The number of hydrazine groups is 1. The van der Waals surface area contributed by atoms with Gasteiger partial charge in [0.1, 0.15) is 5.82 Å². The van der Waals surface area contributed by atoms with E-state index in [2.05, 4.69) is 27.6 Å². The lowest BCUT2D eigenvalue weighted by Crippen LogP contribution is -2.27. The second-order valence-corrected chi connectivity index (χ2v) is 4.78. The van der Waals surface area contributed by atoms with Gasteiger partial charge in [0.25, 0.3) is 0 Å². The second kappa shape index (κ2) is 5.82. The Labute approximate surface area is 102 Å². The molecule has 1 saturated carbocycles. The molecule has 2 unspecified atom stereocenters. The molecular formula is C12H21N5. The van der Waals surface area contributed by atoms with Crippen LogP contribution in [0.1, 0.15) is 39.0 Å². The van der Waals surface area contributed by atoms with Gasteiger partial charge in [0.15, 0.2) is 0 Å². The van der Waals surface area contributed by atoms with E-state index in [1.807, 2.05) is 6.07 Å². The molecule has 1 heterocycles. The summed E-state index contributed by atoms with van der Waals surface area (Å²) in [5.41, 5.74) is 2.47. The van der Waals surface area contributed by atoms with Crippen molar-refractivity contribution in [2.45, 2.75) is 45.1 Å². The molecule has 17 heavy (non-hydrogen) atoms. The summed E-state index contributed by atoms with van der Waals surface area (Å²) in [6.07, 6.45) is 8.23. The van der Waals surface area contributed by atoms with Crippen LogP contribution in [0.15, 0.2) is 12.3 Å². The van der Waals surface area contributed by atoms with Crippen LogP contribution in [0.5, 0.6) is 0 Å². The summed E-state index contributed by atoms with van der Waals surface area (Å²) < 4.78 is 0. The number of hydrogen-bond acceptors (Lipinski definition) is 5. The Morgan fingerprint density at radius 3 is 2.94 bits per heavy atom. The Hall–Kier alpha value is -1.36. The first-order valence-corrected chi connectivity index (χ1v) is 6.36. The average molecular weight is 235 g/mol. The van der Waals surface area contributed by atoms with Gasteiger partial charge in [-0.05, 0) is 24.8 Å². The van der Waals surface area contributed by atoms with Gasteiger partial charge in [0.05, 0.1) is 0 Å². The number of aromatic nitrogens is 2. The predicted molar refractivity (Wildman–Crippen MR) is 69.5 cm³/mol. The maximum Gasteiger partial charge on any atom is 0.239 e. The van der Waals surface area contributed by atoms with Crippen molar-refractivity contribution in [3.63, 3.8) is 0 Å². The summed E-state index contributed by atoms with van der Waals surface area (Å²) in [6, 6.07) is 2.40. The molecule has 5 heteroatoms. The van der Waals surface area contributed by atoms with Crippen LogP contribution >= 0.6 is 0 Å². The lowest BCUT2D eigenvalue weighted by molar-refractivity contribution is 0.455. The maximum atomic E-state index is 5.30. The van der Waals surface area contributed by atoms with Crippen LogP contribution in [-0.2, 0) is 0 Å². The number of nitrogens with one attached hydrogen (secondary N) is 2. The predicted octanol–water partition coefficient (Wildman–Crippen LogP) is 2.14. The molecule has 0 aromatic carbocycles. The van der Waals surface area contributed by atoms with Gasteiger partial charge in [0, 0.05) is 12.2 Å². The maximum absolute atomic E-state index is 5.30. The van der Waals surface area contributed by atoms with Crippen LogP contribution in [-0.4, -0.2) is 16.0 Å². The zero-order chi connectivity index (χ0) is 12.1. The third kappa shape index (κ3) is 3.30. The molecule has 5 nitrogen and oxygen atoms in total. The van der Waals surface area contributed by atoms with Gasteiger partial charge >= 0.3 is 0 Å². The SMILES string of the molecule is CC1CCCCCC1Nc1ccnc(NN)n1. The molecule has 1 aromatic heterocycles. The van der Waals surface area contributed by atoms with Gasteiger partial charge in [0.2, 0.25) is 5.95 Å². The first kappa shape index (κ1) is 12.1. The molecule has 2 rings (SSSR count). The van der Waals surface area contributed by atoms with Crippen molar-refractivity contribution in [1.29, 1.82) is 0 Å². The van der Waals surface area contributed by atoms with Gasteiger partial charge in [-0.3, -0.25) is 5.43 Å². The van der Waals surface area contributed by atoms with Gasteiger partial charge in [-0.25, -0.2) is 10.8 Å². The highest BCUT2D eigenvalue weighted by Crippen LogP contribution is 2.25. The average Bonchev–Trinajstić information content (AvgIpc) is 2.55. The molecule has 0 amide bonds. The first-order chi connectivity index (χ1) is 8.29. The van der Waals surface area contributed by atoms with E-state index >= 15 is 0 Å². The Morgan fingerprint density at radius 2 is 2.12 bits per heavy atom. The van der Waals surface area contributed by atoms with Crippen molar-refractivity contribution in [3.8, 4) is 0 Å². The van der Waals surface area contributed by atoms with Crippen molar-refractivity contribution in [3.05, 3.63) is 12.3 Å². The number of hydrogen-bond donors (Lipinski definition) is 3. The van der Waals surface area contributed by atoms with E-state index in [1.54, 1.807) is 6.20 Å². The fraction of sp³-hybridized carbons (Fsp3) is 0.667. The van der Waals surface area contributed by atoms with Gasteiger partial charge in [-0.15, -0.1) is 0 Å². The third-order valence-electron chi connectivity index (χ3n) is 3.48. The second-order valence-electron chi connectivity index (χ2n) is 4.78. The van der Waals surface area contributed by atoms with Crippen LogP contribution in [0.2, 0.25) is 0 Å². The Bertz CT molecular complexity index is 355. The summed E-state index contributed by atoms with van der Waals surface area (Å²) in [7, 11) is 0. The van der Waals surface area contributed by atoms with E-state index in [0.29, 0.717) is 17.9 Å². The van der Waals surface area contributed by atoms with E-state index in [0.717, 1.165) is 5.82 Å². The molecule has 1 fully saturated rings. The van der Waals surface area contributed by atoms with E-state index in [9.17, 15) is 0 Å². The number of nitrogen functional groups attached to an aromatic ring is 1. The minimum Gasteiger partial charge on any atom is -0.367 e. The molecule has 1 aliphatic carbocycles. The smallest absolute Gasteiger partial charge is 0.239 e. The van der Waals surface area contributed by atoms with Crippen molar-refractivity contribution >= 4 is 11.8 Å². The standard InChI is InChI=1S/C12H21N5/c1-9-5-3-2-4-6-10(9)15-11-7-8-14-12(16-11)17-13/h7-10H,2-6,13H2,1H3,(H2,14,15,16,17). The van der Waals surface area contributed by atoms with Crippen LogP contribution in [0, 0.1) is 5.92 Å². The monoisotopic (exact) mass is 235 g/mol. The van der Waals surface area contributed by atoms with Gasteiger partial charge in [-0.1, -0.05) is 26.2 Å². The number of nitrogens with two attached hydrogens (primary N) is 1. The largest absolute Gasteiger partial charge is 0.367 e. The molecule has 2 atom stereocenters. The Kier molecular flexibility index (Phi) is 4.14. The summed E-state index contributed by atoms with van der Waals surface area (Å²) in [4.78, 5) is 8.29. The minimum atomic E-state index is 0.455. The molecule has 0 aliphatic heterocycles. The molecule has 1 aliphatic rings. The Balaban J connectivity index is 2.02. The topological polar surface area (TPSA) is 75.9 Å². The molecular weight excluding hydrogens is 214 g/mol. The number of rotatable bonds is 3. The van der Waals surface area contributed by atoms with E-state index in [-0.39, 0.29) is 0 Å². The number of nitrogens with zero attached hydrogens (tertiary/aromatic N) is 2. The summed E-state index contributed by atoms with van der Waals surface area (Å²) >= 11 is 0. The van der Waals surface area contributed by atoms with Crippen molar-refractivity contribution in [1.82, 2.24) is 9.97 Å². The molecule has 1 aromatic rings. The molecule has 4 N–H and O–H groups in total.